The van der Waals surface area contributed by atoms with E-state index in [0.717, 1.165) is 5.56 Å². The first-order valence-corrected chi connectivity index (χ1v) is 6.93. The summed E-state index contributed by atoms with van der Waals surface area (Å²) in [7, 11) is 0. The quantitative estimate of drug-likeness (QED) is 0.629. The molecule has 7 heteroatoms. The number of anilines is 1. The summed E-state index contributed by atoms with van der Waals surface area (Å²) in [4.78, 5) is 16.5. The van der Waals surface area contributed by atoms with Gasteiger partial charge in [0, 0.05) is 23.9 Å². The molecular weight excluding hydrogens is 294 g/mol. The highest BCUT2D eigenvalue weighted by atomic mass is 16.5. The molecule has 0 atom stereocenters. The maximum absolute atomic E-state index is 12.3. The van der Waals surface area contributed by atoms with Crippen LogP contribution in [0.15, 0.2) is 65.4 Å². The number of nitrogens with one attached hydrogen (secondary N) is 1. The summed E-state index contributed by atoms with van der Waals surface area (Å²) < 4.78 is 6.67. The van der Waals surface area contributed by atoms with Crippen LogP contribution < -0.4 is 5.32 Å². The number of rotatable bonds is 3. The number of carbonyl (C=O) groups is 1. The molecule has 7 nitrogen and oxygen atoms in total. The van der Waals surface area contributed by atoms with E-state index < -0.39 is 5.91 Å². The Bertz CT molecular complexity index is 974. The molecule has 4 rings (SSSR count). The minimum atomic E-state index is -0.400. The highest BCUT2D eigenvalue weighted by Gasteiger charge is 2.15. The van der Waals surface area contributed by atoms with Gasteiger partial charge in [0.15, 0.2) is 5.65 Å². The molecular formula is C16H11N5O2. The van der Waals surface area contributed by atoms with E-state index in [9.17, 15) is 4.79 Å². The van der Waals surface area contributed by atoms with Gasteiger partial charge in [-0.1, -0.05) is 35.5 Å². The standard InChI is InChI=1S/C16H11N5O2/c22-16(19-15-6-8-17-14-7-9-18-21(14)15)13-10-12(20-23-13)11-4-2-1-3-5-11/h1-10H,(H,19,22). The topological polar surface area (TPSA) is 85.3 Å². The third kappa shape index (κ3) is 2.44. The summed E-state index contributed by atoms with van der Waals surface area (Å²) in [6, 6.07) is 14.5. The third-order valence-electron chi connectivity index (χ3n) is 3.34. The van der Waals surface area contributed by atoms with Gasteiger partial charge >= 0.3 is 0 Å². The zero-order valence-electron chi connectivity index (χ0n) is 11.9. The van der Waals surface area contributed by atoms with E-state index in [1.807, 2.05) is 30.3 Å². The first-order chi connectivity index (χ1) is 11.3. The van der Waals surface area contributed by atoms with Crippen molar-refractivity contribution >= 4 is 17.4 Å². The van der Waals surface area contributed by atoms with Crippen LogP contribution in [0.25, 0.3) is 16.9 Å². The van der Waals surface area contributed by atoms with Crippen molar-refractivity contribution in [3.05, 3.63) is 66.7 Å². The van der Waals surface area contributed by atoms with E-state index in [4.69, 9.17) is 4.52 Å². The van der Waals surface area contributed by atoms with Crippen LogP contribution in [-0.2, 0) is 0 Å². The number of nitrogens with zero attached hydrogens (tertiary/aromatic N) is 4. The Balaban J connectivity index is 1.60. The lowest BCUT2D eigenvalue weighted by atomic mass is 10.1. The number of hydrogen-bond donors (Lipinski definition) is 1. The second-order valence-electron chi connectivity index (χ2n) is 4.83. The third-order valence-corrected chi connectivity index (χ3v) is 3.34. The molecule has 0 aliphatic heterocycles. The van der Waals surface area contributed by atoms with Gasteiger partial charge in [0.05, 0.1) is 6.20 Å². The van der Waals surface area contributed by atoms with Crippen LogP contribution in [0.5, 0.6) is 0 Å². The number of fused-ring (bicyclic) bond motifs is 1. The maximum Gasteiger partial charge on any atom is 0.295 e. The molecule has 1 aromatic carbocycles. The summed E-state index contributed by atoms with van der Waals surface area (Å²) >= 11 is 0. The Morgan fingerprint density at radius 2 is 1.96 bits per heavy atom. The molecule has 3 aromatic heterocycles. The lowest BCUT2D eigenvalue weighted by molar-refractivity contribution is 0.0987. The van der Waals surface area contributed by atoms with E-state index in [-0.39, 0.29) is 5.76 Å². The minimum absolute atomic E-state index is 0.126. The first-order valence-electron chi connectivity index (χ1n) is 6.93. The monoisotopic (exact) mass is 305 g/mol. The highest BCUT2D eigenvalue weighted by Crippen LogP contribution is 2.19. The molecule has 23 heavy (non-hydrogen) atoms. The van der Waals surface area contributed by atoms with Gasteiger partial charge in [-0.2, -0.15) is 9.61 Å². The van der Waals surface area contributed by atoms with Gasteiger partial charge in [-0.25, -0.2) is 4.98 Å². The second kappa shape index (κ2) is 5.38. The largest absolute Gasteiger partial charge is 0.350 e. The van der Waals surface area contributed by atoms with Crippen molar-refractivity contribution < 1.29 is 9.32 Å². The SMILES string of the molecule is O=C(Nc1ccnc2ccnn12)c1cc(-c2ccccc2)no1. The maximum atomic E-state index is 12.3. The van der Waals surface area contributed by atoms with E-state index in [0.29, 0.717) is 17.2 Å². The van der Waals surface area contributed by atoms with E-state index in [1.165, 1.54) is 4.52 Å². The van der Waals surface area contributed by atoms with Crippen molar-refractivity contribution in [2.75, 3.05) is 5.32 Å². The normalized spacial score (nSPS) is 10.8. The molecule has 0 unspecified atom stereocenters. The molecule has 0 saturated carbocycles. The van der Waals surface area contributed by atoms with Gasteiger partial charge in [-0.3, -0.25) is 4.79 Å². The molecule has 1 N–H and O–H groups in total. The van der Waals surface area contributed by atoms with Crippen molar-refractivity contribution in [2.45, 2.75) is 0 Å². The van der Waals surface area contributed by atoms with E-state index >= 15 is 0 Å². The minimum Gasteiger partial charge on any atom is -0.350 e. The molecule has 0 bridgehead atoms. The fraction of sp³-hybridized carbons (Fsp3) is 0. The van der Waals surface area contributed by atoms with Crippen LogP contribution in [0.4, 0.5) is 5.82 Å². The summed E-state index contributed by atoms with van der Waals surface area (Å²) in [5.41, 5.74) is 2.13. The van der Waals surface area contributed by atoms with Crippen LogP contribution >= 0.6 is 0 Å². The Morgan fingerprint density at radius 3 is 2.83 bits per heavy atom. The summed E-state index contributed by atoms with van der Waals surface area (Å²) in [6.07, 6.45) is 3.21. The second-order valence-corrected chi connectivity index (χ2v) is 4.83. The number of aromatic nitrogens is 4. The van der Waals surface area contributed by atoms with Crippen LogP contribution in [-0.4, -0.2) is 25.7 Å². The van der Waals surface area contributed by atoms with Crippen LogP contribution in [0.3, 0.4) is 0 Å². The molecule has 0 spiro atoms. The van der Waals surface area contributed by atoms with Crippen LogP contribution in [0.1, 0.15) is 10.6 Å². The Hall–Kier alpha value is -3.48. The van der Waals surface area contributed by atoms with E-state index in [1.54, 1.807) is 30.6 Å². The molecule has 0 saturated heterocycles. The Labute approximate surface area is 130 Å². The number of hydrogen-bond acceptors (Lipinski definition) is 5. The predicted octanol–water partition coefficient (Wildman–Crippen LogP) is 2.64. The fourth-order valence-electron chi connectivity index (χ4n) is 2.23. The molecule has 3 heterocycles. The first kappa shape index (κ1) is 13.2. The molecule has 1 amide bonds. The lowest BCUT2D eigenvalue weighted by Crippen LogP contribution is -2.14. The number of amides is 1. The van der Waals surface area contributed by atoms with Gasteiger partial charge in [0.2, 0.25) is 5.76 Å². The van der Waals surface area contributed by atoms with Crippen molar-refractivity contribution in [3.8, 4) is 11.3 Å². The zero-order chi connectivity index (χ0) is 15.6. The molecule has 0 fully saturated rings. The van der Waals surface area contributed by atoms with Crippen LogP contribution in [0.2, 0.25) is 0 Å². The summed E-state index contributed by atoms with van der Waals surface area (Å²) in [5, 5.41) is 10.8. The smallest absolute Gasteiger partial charge is 0.295 e. The van der Waals surface area contributed by atoms with Crippen molar-refractivity contribution in [3.63, 3.8) is 0 Å². The fourth-order valence-corrected chi connectivity index (χ4v) is 2.23. The van der Waals surface area contributed by atoms with Gasteiger partial charge in [-0.15, -0.1) is 0 Å². The zero-order valence-corrected chi connectivity index (χ0v) is 11.9. The summed E-state index contributed by atoms with van der Waals surface area (Å²) in [6.45, 7) is 0. The lowest BCUT2D eigenvalue weighted by Gasteiger charge is -2.04. The van der Waals surface area contributed by atoms with Crippen molar-refractivity contribution in [2.24, 2.45) is 0 Å². The molecule has 0 aliphatic rings. The molecule has 4 aromatic rings. The van der Waals surface area contributed by atoms with Gasteiger partial charge in [-0.05, 0) is 6.07 Å². The predicted molar refractivity (Wildman–Crippen MR) is 82.9 cm³/mol. The van der Waals surface area contributed by atoms with Gasteiger partial charge in [0.25, 0.3) is 5.91 Å². The highest BCUT2D eigenvalue weighted by molar-refractivity contribution is 6.02. The number of carbonyl (C=O) groups excluding carboxylic acids is 1. The average Bonchev–Trinajstić information content (AvgIpc) is 3.25. The van der Waals surface area contributed by atoms with Crippen molar-refractivity contribution in [1.29, 1.82) is 0 Å². The summed E-state index contributed by atoms with van der Waals surface area (Å²) in [5.74, 6) is 0.228. The van der Waals surface area contributed by atoms with Crippen molar-refractivity contribution in [1.82, 2.24) is 19.8 Å². The Kier molecular flexibility index (Phi) is 3.09. The number of benzene rings is 1. The molecule has 0 aliphatic carbocycles. The van der Waals surface area contributed by atoms with Gasteiger partial charge < -0.3 is 9.84 Å². The van der Waals surface area contributed by atoms with Gasteiger partial charge in [0.1, 0.15) is 11.5 Å². The molecule has 112 valence electrons. The average molecular weight is 305 g/mol. The Morgan fingerprint density at radius 1 is 1.09 bits per heavy atom. The van der Waals surface area contributed by atoms with Crippen LogP contribution in [0, 0.1) is 0 Å². The van der Waals surface area contributed by atoms with E-state index in [2.05, 4.69) is 20.6 Å². The molecule has 0 radical (unpaired) electrons.